The summed E-state index contributed by atoms with van der Waals surface area (Å²) in [5.74, 6) is -0.657. The largest absolute Gasteiger partial charge is 0.453 e. The lowest BCUT2D eigenvalue weighted by Crippen LogP contribution is -2.59. The van der Waals surface area contributed by atoms with E-state index in [1.807, 2.05) is 30.3 Å². The van der Waals surface area contributed by atoms with Crippen LogP contribution < -0.4 is 0 Å². The maximum absolute atomic E-state index is 12.3. The van der Waals surface area contributed by atoms with Crippen molar-refractivity contribution in [3.8, 4) is 0 Å². The lowest BCUT2D eigenvalue weighted by atomic mass is 10.00. The van der Waals surface area contributed by atoms with Crippen LogP contribution >= 0.6 is 11.8 Å². The van der Waals surface area contributed by atoms with Gasteiger partial charge < -0.3 is 24.8 Å². The molecule has 5 atom stereocenters. The van der Waals surface area contributed by atoms with Gasteiger partial charge in [-0.15, -0.1) is 0 Å². The highest BCUT2D eigenvalue weighted by Gasteiger charge is 2.47. The van der Waals surface area contributed by atoms with Crippen molar-refractivity contribution >= 4 is 17.7 Å². The average Bonchev–Trinajstić information content (AvgIpc) is 2.68. The number of carbonyl (C=O) groups excluding carboxylic acids is 1. The van der Waals surface area contributed by atoms with Gasteiger partial charge in [0.2, 0.25) is 0 Å². The Morgan fingerprint density at radius 3 is 2.23 bits per heavy atom. The smallest absolute Gasteiger partial charge is 0.338 e. The molecule has 7 heteroatoms. The number of aliphatic hydroxyl groups is 3. The Kier molecular flexibility index (Phi) is 6.29. The van der Waals surface area contributed by atoms with E-state index in [0.29, 0.717) is 5.56 Å². The van der Waals surface area contributed by atoms with Gasteiger partial charge in [-0.25, -0.2) is 4.79 Å². The van der Waals surface area contributed by atoms with Crippen molar-refractivity contribution in [3.63, 3.8) is 0 Å². The fourth-order valence-corrected chi connectivity index (χ4v) is 3.76. The summed E-state index contributed by atoms with van der Waals surface area (Å²) < 4.78 is 11.0. The van der Waals surface area contributed by atoms with Crippen LogP contribution in [0.3, 0.4) is 0 Å². The molecule has 3 rings (SSSR count). The first kappa shape index (κ1) is 18.9. The zero-order valence-electron chi connectivity index (χ0n) is 13.8. The predicted octanol–water partition coefficient (Wildman–Crippen LogP) is 1.44. The Morgan fingerprint density at radius 2 is 1.62 bits per heavy atom. The molecule has 1 heterocycles. The second-order valence-corrected chi connectivity index (χ2v) is 7.05. The fourth-order valence-electron chi connectivity index (χ4n) is 2.69. The van der Waals surface area contributed by atoms with Gasteiger partial charge in [-0.2, -0.15) is 0 Å². The van der Waals surface area contributed by atoms with Crippen LogP contribution in [0.2, 0.25) is 0 Å². The van der Waals surface area contributed by atoms with Crippen molar-refractivity contribution in [2.75, 3.05) is 6.61 Å². The summed E-state index contributed by atoms with van der Waals surface area (Å²) in [6.45, 7) is -0.459. The molecule has 1 fully saturated rings. The summed E-state index contributed by atoms with van der Waals surface area (Å²) in [6, 6.07) is 17.6. The zero-order valence-corrected chi connectivity index (χ0v) is 14.7. The summed E-state index contributed by atoms with van der Waals surface area (Å²) in [5, 5.41) is 30.4. The third-order valence-corrected chi connectivity index (χ3v) is 5.24. The van der Waals surface area contributed by atoms with Crippen LogP contribution in [0.5, 0.6) is 0 Å². The number of hydrogen-bond donors (Lipinski definition) is 3. The molecule has 0 spiro atoms. The number of aliphatic hydroxyl groups excluding tert-OH is 3. The normalized spacial score (nSPS) is 28.5. The van der Waals surface area contributed by atoms with E-state index in [4.69, 9.17) is 9.47 Å². The number of hydrogen-bond acceptors (Lipinski definition) is 7. The van der Waals surface area contributed by atoms with Gasteiger partial charge in [0.15, 0.2) is 6.10 Å². The molecule has 2 aromatic rings. The van der Waals surface area contributed by atoms with Gasteiger partial charge >= 0.3 is 5.97 Å². The molecule has 0 aromatic heterocycles. The first-order valence-corrected chi connectivity index (χ1v) is 9.08. The van der Waals surface area contributed by atoms with E-state index in [1.54, 1.807) is 30.3 Å². The van der Waals surface area contributed by atoms with Gasteiger partial charge in [0.05, 0.1) is 12.2 Å². The van der Waals surface area contributed by atoms with Crippen LogP contribution in [-0.2, 0) is 9.47 Å². The molecule has 2 unspecified atom stereocenters. The second-order valence-electron chi connectivity index (χ2n) is 5.87. The minimum atomic E-state index is -1.34. The molecule has 1 aliphatic heterocycles. The summed E-state index contributed by atoms with van der Waals surface area (Å²) in [6.07, 6.45) is -4.77. The van der Waals surface area contributed by atoms with Crippen LogP contribution in [0.1, 0.15) is 10.4 Å². The van der Waals surface area contributed by atoms with Crippen molar-refractivity contribution in [2.45, 2.75) is 34.7 Å². The van der Waals surface area contributed by atoms with Crippen molar-refractivity contribution in [1.82, 2.24) is 0 Å². The number of ether oxygens (including phenoxy) is 2. The van der Waals surface area contributed by atoms with Crippen LogP contribution in [0.4, 0.5) is 0 Å². The number of rotatable bonds is 5. The number of esters is 1. The first-order chi connectivity index (χ1) is 12.6. The maximum atomic E-state index is 12.3. The summed E-state index contributed by atoms with van der Waals surface area (Å²) in [4.78, 5) is 13.2. The molecule has 6 nitrogen and oxygen atoms in total. The minimum Gasteiger partial charge on any atom is -0.453 e. The van der Waals surface area contributed by atoms with Gasteiger partial charge in [-0.1, -0.05) is 48.2 Å². The Labute approximate surface area is 155 Å². The predicted molar refractivity (Wildman–Crippen MR) is 95.7 cm³/mol. The molecule has 3 N–H and O–H groups in total. The van der Waals surface area contributed by atoms with Crippen molar-refractivity contribution in [2.24, 2.45) is 0 Å². The van der Waals surface area contributed by atoms with Gasteiger partial charge in [-0.05, 0) is 24.3 Å². The van der Waals surface area contributed by atoms with E-state index in [9.17, 15) is 20.1 Å². The molecule has 26 heavy (non-hydrogen) atoms. The first-order valence-electron chi connectivity index (χ1n) is 8.20. The van der Waals surface area contributed by atoms with Crippen LogP contribution in [-0.4, -0.2) is 57.7 Å². The molecule has 0 aliphatic carbocycles. The third-order valence-electron chi connectivity index (χ3n) is 4.07. The standard InChI is InChI=1S/C19H20O6S/c20-11-14-15(21)17(25-18(23)12-7-3-1-4-8-12)16(22)19(24-14)26-13-9-5-2-6-10-13/h1-10,14-17,19-22H,11H2/t14?,15-,16-,17?,19+/m0/s1. The van der Waals surface area contributed by atoms with Gasteiger partial charge in [0.25, 0.3) is 0 Å². The highest BCUT2D eigenvalue weighted by atomic mass is 32.2. The maximum Gasteiger partial charge on any atom is 0.338 e. The van der Waals surface area contributed by atoms with Crippen LogP contribution in [0.25, 0.3) is 0 Å². The highest BCUT2D eigenvalue weighted by molar-refractivity contribution is 7.99. The Morgan fingerprint density at radius 1 is 1.00 bits per heavy atom. The molecule has 0 bridgehead atoms. The van der Waals surface area contributed by atoms with Crippen molar-refractivity contribution < 1.29 is 29.6 Å². The Balaban J connectivity index is 1.76. The van der Waals surface area contributed by atoms with Crippen LogP contribution in [0, 0.1) is 0 Å². The molecule has 0 amide bonds. The van der Waals surface area contributed by atoms with Crippen molar-refractivity contribution in [3.05, 3.63) is 66.2 Å². The van der Waals surface area contributed by atoms with E-state index in [2.05, 4.69) is 0 Å². The van der Waals surface area contributed by atoms with E-state index >= 15 is 0 Å². The molecule has 0 saturated carbocycles. The molecule has 1 saturated heterocycles. The van der Waals surface area contributed by atoms with Crippen molar-refractivity contribution in [1.29, 1.82) is 0 Å². The van der Waals surface area contributed by atoms with E-state index in [1.165, 1.54) is 11.8 Å². The molecule has 138 valence electrons. The monoisotopic (exact) mass is 376 g/mol. The molecular formula is C19H20O6S. The van der Waals surface area contributed by atoms with E-state index < -0.39 is 42.4 Å². The van der Waals surface area contributed by atoms with Gasteiger partial charge in [-0.3, -0.25) is 0 Å². The summed E-state index contributed by atoms with van der Waals surface area (Å²) >= 11 is 1.23. The average molecular weight is 376 g/mol. The lowest BCUT2D eigenvalue weighted by Gasteiger charge is -2.41. The second kappa shape index (κ2) is 8.66. The Hall–Kier alpha value is -1.90. The fraction of sp³-hybridized carbons (Fsp3) is 0.316. The van der Waals surface area contributed by atoms with E-state index in [-0.39, 0.29) is 0 Å². The third kappa shape index (κ3) is 4.25. The molecule has 0 radical (unpaired) electrons. The van der Waals surface area contributed by atoms with Gasteiger partial charge in [0.1, 0.15) is 23.7 Å². The summed E-state index contributed by atoms with van der Waals surface area (Å²) in [5.41, 5.74) is -0.488. The Bertz CT molecular complexity index is 710. The van der Waals surface area contributed by atoms with Gasteiger partial charge in [0, 0.05) is 4.90 Å². The molecule has 1 aliphatic rings. The quantitative estimate of drug-likeness (QED) is 0.680. The van der Waals surface area contributed by atoms with E-state index in [0.717, 1.165) is 4.90 Å². The molecule has 2 aromatic carbocycles. The van der Waals surface area contributed by atoms with Crippen LogP contribution in [0.15, 0.2) is 65.6 Å². The minimum absolute atomic E-state index is 0.311. The summed E-state index contributed by atoms with van der Waals surface area (Å²) in [7, 11) is 0. The lowest BCUT2D eigenvalue weighted by molar-refractivity contribution is -0.206. The number of carbonyl (C=O) groups is 1. The molecular weight excluding hydrogens is 356 g/mol. The SMILES string of the molecule is O=C(OC1[C@@H](O)C(CO)O[C@H](Sc2ccccc2)[C@H]1O)c1ccccc1. The highest BCUT2D eigenvalue weighted by Crippen LogP contribution is 2.34. The number of thioether (sulfide) groups is 1. The topological polar surface area (TPSA) is 96.2 Å². The zero-order chi connectivity index (χ0) is 18.5. The number of benzene rings is 2.